The van der Waals surface area contributed by atoms with Gasteiger partial charge in [0.15, 0.2) is 6.54 Å². The van der Waals surface area contributed by atoms with Crippen molar-refractivity contribution in [3.05, 3.63) is 96.1 Å². The lowest BCUT2D eigenvalue weighted by molar-refractivity contribution is -0.526. The quantitative estimate of drug-likeness (QED) is 0.317. The van der Waals surface area contributed by atoms with Gasteiger partial charge in [-0.05, 0) is 55.6 Å². The third-order valence-corrected chi connectivity index (χ3v) is 6.16. The van der Waals surface area contributed by atoms with Crippen LogP contribution in [-0.2, 0) is 0 Å². The van der Waals surface area contributed by atoms with Crippen LogP contribution in [0.4, 0.5) is 0 Å². The molecule has 1 unspecified atom stereocenters. The highest BCUT2D eigenvalue weighted by molar-refractivity contribution is 6.29. The summed E-state index contributed by atoms with van der Waals surface area (Å²) in [6, 6.07) is 29.9. The summed E-state index contributed by atoms with van der Waals surface area (Å²) in [5.41, 5.74) is 3.17. The van der Waals surface area contributed by atoms with Gasteiger partial charge in [-0.25, -0.2) is 0 Å². The fraction of sp³-hybridized carbons (Fsp3) is 0.111. The average molecular weight is 388 g/mol. The Morgan fingerprint density at radius 2 is 1.53 bits per heavy atom. The molecule has 1 heterocycles. The van der Waals surface area contributed by atoms with E-state index < -0.39 is 0 Å². The highest BCUT2D eigenvalue weighted by Crippen LogP contribution is 2.37. The molecule has 0 saturated carbocycles. The molecule has 0 N–H and O–H groups in total. The van der Waals surface area contributed by atoms with E-state index in [0.717, 1.165) is 16.8 Å². The number of benzene rings is 5. The van der Waals surface area contributed by atoms with Gasteiger partial charge in [0, 0.05) is 11.5 Å². The molecule has 0 fully saturated rings. The first-order valence-corrected chi connectivity index (χ1v) is 10.3. The molecule has 1 aliphatic heterocycles. The molecule has 1 atom stereocenters. The smallest absolute Gasteiger partial charge is 0.246 e. The third-order valence-electron chi connectivity index (χ3n) is 6.16. The Kier molecular flexibility index (Phi) is 3.66. The van der Waals surface area contributed by atoms with Gasteiger partial charge < -0.3 is 5.11 Å². The monoisotopic (exact) mass is 388 g/mol. The van der Waals surface area contributed by atoms with Gasteiger partial charge in [0.2, 0.25) is 5.71 Å². The van der Waals surface area contributed by atoms with Gasteiger partial charge in [0.05, 0.1) is 11.5 Å². The maximum atomic E-state index is 12.3. The molecule has 0 spiro atoms. The predicted molar refractivity (Wildman–Crippen MR) is 122 cm³/mol. The molecule has 30 heavy (non-hydrogen) atoms. The van der Waals surface area contributed by atoms with Crippen molar-refractivity contribution >= 4 is 43.9 Å². The summed E-state index contributed by atoms with van der Waals surface area (Å²) in [6.07, 6.45) is 0. The van der Waals surface area contributed by atoms with Crippen LogP contribution in [0.1, 0.15) is 18.1 Å². The van der Waals surface area contributed by atoms with Crippen LogP contribution in [-0.4, -0.2) is 22.8 Å². The second-order valence-electron chi connectivity index (χ2n) is 8.11. The van der Waals surface area contributed by atoms with Crippen LogP contribution < -0.4 is 5.11 Å². The van der Waals surface area contributed by atoms with Crippen molar-refractivity contribution in [2.45, 2.75) is 6.92 Å². The largest absolute Gasteiger partial charge is 0.857 e. The molecular weight excluding hydrogens is 368 g/mol. The van der Waals surface area contributed by atoms with E-state index >= 15 is 0 Å². The van der Waals surface area contributed by atoms with Gasteiger partial charge in [-0.3, -0.25) is 0 Å². The Morgan fingerprint density at radius 1 is 0.833 bits per heavy atom. The summed E-state index contributed by atoms with van der Waals surface area (Å²) in [4.78, 5) is 0. The number of hydrogen-bond donors (Lipinski definition) is 0. The summed E-state index contributed by atoms with van der Waals surface area (Å²) in [7, 11) is 0. The average Bonchev–Trinajstić information content (AvgIpc) is 3.11. The van der Waals surface area contributed by atoms with E-state index in [9.17, 15) is 5.11 Å². The van der Waals surface area contributed by atoms with E-state index in [1.807, 2.05) is 29.8 Å². The van der Waals surface area contributed by atoms with Crippen LogP contribution >= 0.6 is 0 Å². The zero-order valence-electron chi connectivity index (χ0n) is 16.7. The van der Waals surface area contributed by atoms with Crippen LogP contribution in [0, 0.1) is 5.92 Å². The highest BCUT2D eigenvalue weighted by atomic mass is 16.3. The van der Waals surface area contributed by atoms with Crippen LogP contribution in [0.15, 0.2) is 90.0 Å². The summed E-state index contributed by atoms with van der Waals surface area (Å²) in [5, 5.41) is 24.2. The molecule has 1 aliphatic rings. The molecule has 0 bridgehead atoms. The zero-order valence-corrected chi connectivity index (χ0v) is 16.7. The lowest BCUT2D eigenvalue weighted by Gasteiger charge is -2.14. The molecule has 5 aromatic rings. The predicted octanol–water partition coefficient (Wildman–Crippen LogP) is 4.76. The van der Waals surface area contributed by atoms with Crippen molar-refractivity contribution < 1.29 is 9.79 Å². The van der Waals surface area contributed by atoms with E-state index in [1.165, 1.54) is 32.3 Å². The van der Waals surface area contributed by atoms with Gasteiger partial charge in [0.1, 0.15) is 0 Å². The molecular formula is C27H20N2O. The second-order valence-corrected chi connectivity index (χ2v) is 8.11. The van der Waals surface area contributed by atoms with Crippen molar-refractivity contribution in [3.63, 3.8) is 0 Å². The van der Waals surface area contributed by atoms with Crippen LogP contribution in [0.25, 0.3) is 32.3 Å². The van der Waals surface area contributed by atoms with E-state index in [4.69, 9.17) is 0 Å². The molecule has 0 aliphatic carbocycles. The van der Waals surface area contributed by atoms with Crippen LogP contribution in [0.2, 0.25) is 0 Å². The SMILES string of the molecule is CC1C/[N+](=C(/c2ccccc2)c2cc3cccc4ccc5cccc2c5c43)N=C1[O-]. The number of rotatable bonds is 2. The molecule has 0 radical (unpaired) electrons. The Balaban J connectivity index is 1.79. The topological polar surface area (TPSA) is 38.4 Å². The van der Waals surface area contributed by atoms with Gasteiger partial charge >= 0.3 is 0 Å². The minimum absolute atomic E-state index is 0.0550. The molecule has 0 amide bonds. The maximum Gasteiger partial charge on any atom is 0.246 e. The molecule has 0 saturated heterocycles. The zero-order chi connectivity index (χ0) is 20.2. The third kappa shape index (κ3) is 2.45. The van der Waals surface area contributed by atoms with E-state index in [-0.39, 0.29) is 11.8 Å². The molecule has 3 heteroatoms. The summed E-state index contributed by atoms with van der Waals surface area (Å²) in [6.45, 7) is 2.54. The molecule has 0 aromatic heterocycles. The first-order chi connectivity index (χ1) is 14.7. The highest BCUT2D eigenvalue weighted by Gasteiger charge is 2.29. The van der Waals surface area contributed by atoms with Crippen molar-refractivity contribution in [3.8, 4) is 0 Å². The summed E-state index contributed by atoms with van der Waals surface area (Å²) < 4.78 is 1.90. The second kappa shape index (κ2) is 6.39. The van der Waals surface area contributed by atoms with E-state index in [0.29, 0.717) is 6.54 Å². The fourth-order valence-corrected chi connectivity index (χ4v) is 4.73. The van der Waals surface area contributed by atoms with Gasteiger partial charge in [-0.1, -0.05) is 78.3 Å². The van der Waals surface area contributed by atoms with Gasteiger partial charge in [-0.2, -0.15) is 0 Å². The van der Waals surface area contributed by atoms with Crippen molar-refractivity contribution in [1.29, 1.82) is 0 Å². The minimum atomic E-state index is -0.0978. The number of hydrogen-bond acceptors (Lipinski definition) is 2. The van der Waals surface area contributed by atoms with Crippen LogP contribution in [0.3, 0.4) is 0 Å². The first kappa shape index (κ1) is 17.2. The lowest BCUT2D eigenvalue weighted by atomic mass is 9.88. The Bertz CT molecular complexity index is 1480. The Hall–Kier alpha value is -3.72. The molecule has 3 nitrogen and oxygen atoms in total. The lowest BCUT2D eigenvalue weighted by Crippen LogP contribution is -2.23. The standard InChI is InChI=1S/C27H20N2O/c1-17-16-29(28-27(17)30)26(20-7-3-2-4-8-20)23-15-21-11-5-9-18-13-14-19-10-6-12-22(23)25(19)24(18)21/h2-15,17H,16H2,1H3/b29-26+. The number of hydrazone groups is 1. The minimum Gasteiger partial charge on any atom is -0.857 e. The Labute approximate surface area is 174 Å². The van der Waals surface area contributed by atoms with Crippen LogP contribution in [0.5, 0.6) is 0 Å². The maximum absolute atomic E-state index is 12.3. The fourth-order valence-electron chi connectivity index (χ4n) is 4.73. The molecule has 6 rings (SSSR count). The van der Waals surface area contributed by atoms with E-state index in [1.54, 1.807) is 0 Å². The first-order valence-electron chi connectivity index (χ1n) is 10.3. The van der Waals surface area contributed by atoms with Gasteiger partial charge in [0.25, 0.3) is 0 Å². The summed E-state index contributed by atoms with van der Waals surface area (Å²) >= 11 is 0. The summed E-state index contributed by atoms with van der Waals surface area (Å²) in [5.74, 6) is -0.153. The van der Waals surface area contributed by atoms with Gasteiger partial charge in [-0.15, -0.1) is 0 Å². The number of nitrogens with zero attached hydrogens (tertiary/aromatic N) is 2. The van der Waals surface area contributed by atoms with Crippen molar-refractivity contribution in [2.75, 3.05) is 6.54 Å². The van der Waals surface area contributed by atoms with Crippen molar-refractivity contribution in [1.82, 2.24) is 0 Å². The normalized spacial score (nSPS) is 18.4. The molecule has 144 valence electrons. The molecule has 5 aromatic carbocycles. The Morgan fingerprint density at radius 3 is 2.27 bits per heavy atom. The van der Waals surface area contributed by atoms with E-state index in [2.05, 4.69) is 71.8 Å². The van der Waals surface area contributed by atoms with Crippen molar-refractivity contribution in [2.24, 2.45) is 11.0 Å².